The molecular weight excluding hydrogens is 463 g/mol. The molecule has 0 saturated heterocycles. The SMILES string of the molecule is CC(C)CCN(C(=O)Cc1ccc(Cl)cc1Cl)c1c(N)n(Cc2ccccc2)c(=O)[nH]c1=O. The minimum atomic E-state index is -0.707. The van der Waals surface area contributed by atoms with Crippen LogP contribution in [0.15, 0.2) is 58.1 Å². The molecule has 3 N–H and O–H groups in total. The molecule has 1 amide bonds. The van der Waals surface area contributed by atoms with Crippen LogP contribution >= 0.6 is 23.2 Å². The van der Waals surface area contributed by atoms with E-state index in [1.165, 1.54) is 9.47 Å². The Hall–Kier alpha value is -3.03. The fraction of sp³-hybridized carbons (Fsp3) is 0.292. The van der Waals surface area contributed by atoms with Gasteiger partial charge in [0, 0.05) is 16.6 Å². The molecule has 0 unspecified atom stereocenters. The highest BCUT2D eigenvalue weighted by Crippen LogP contribution is 2.24. The number of hydrogen-bond donors (Lipinski definition) is 2. The number of benzene rings is 2. The number of carbonyl (C=O) groups excluding carboxylic acids is 1. The lowest BCUT2D eigenvalue weighted by atomic mass is 10.1. The van der Waals surface area contributed by atoms with Crippen molar-refractivity contribution in [2.24, 2.45) is 5.92 Å². The summed E-state index contributed by atoms with van der Waals surface area (Å²) in [5.41, 5.74) is 6.35. The monoisotopic (exact) mass is 488 g/mol. The lowest BCUT2D eigenvalue weighted by Crippen LogP contribution is -2.42. The van der Waals surface area contributed by atoms with Crippen molar-refractivity contribution in [2.45, 2.75) is 33.2 Å². The molecule has 2 aromatic carbocycles. The summed E-state index contributed by atoms with van der Waals surface area (Å²) >= 11 is 12.2. The van der Waals surface area contributed by atoms with Gasteiger partial charge < -0.3 is 10.6 Å². The first-order valence-corrected chi connectivity index (χ1v) is 11.3. The minimum Gasteiger partial charge on any atom is -0.383 e. The zero-order valence-electron chi connectivity index (χ0n) is 18.5. The number of aromatic amines is 1. The second-order valence-electron chi connectivity index (χ2n) is 8.21. The molecule has 0 atom stereocenters. The molecule has 0 saturated carbocycles. The third kappa shape index (κ3) is 6.06. The lowest BCUT2D eigenvalue weighted by Gasteiger charge is -2.25. The molecular formula is C24H26Cl2N4O3. The number of nitrogen functional groups attached to an aromatic ring is 1. The molecule has 9 heteroatoms. The predicted octanol–water partition coefficient (Wildman–Crippen LogP) is 4.10. The first-order valence-electron chi connectivity index (χ1n) is 10.6. The Labute approximate surface area is 201 Å². The Morgan fingerprint density at radius 2 is 1.82 bits per heavy atom. The molecule has 0 aliphatic carbocycles. The molecule has 3 aromatic rings. The fourth-order valence-corrected chi connectivity index (χ4v) is 3.91. The Morgan fingerprint density at radius 3 is 2.45 bits per heavy atom. The number of aromatic nitrogens is 2. The Kier molecular flexibility index (Phi) is 8.00. The van der Waals surface area contributed by atoms with Gasteiger partial charge in [-0.15, -0.1) is 0 Å². The van der Waals surface area contributed by atoms with Gasteiger partial charge in [-0.05, 0) is 35.6 Å². The van der Waals surface area contributed by atoms with Gasteiger partial charge in [0.05, 0.1) is 13.0 Å². The maximum atomic E-state index is 13.4. The van der Waals surface area contributed by atoms with E-state index in [0.29, 0.717) is 22.0 Å². The average Bonchev–Trinajstić information content (AvgIpc) is 2.75. The third-order valence-electron chi connectivity index (χ3n) is 5.26. The van der Waals surface area contributed by atoms with Crippen molar-refractivity contribution in [3.63, 3.8) is 0 Å². The highest BCUT2D eigenvalue weighted by atomic mass is 35.5. The molecule has 1 aromatic heterocycles. The molecule has 33 heavy (non-hydrogen) atoms. The molecule has 0 aliphatic rings. The van der Waals surface area contributed by atoms with Crippen molar-refractivity contribution in [2.75, 3.05) is 17.2 Å². The summed E-state index contributed by atoms with van der Waals surface area (Å²) in [6.07, 6.45) is 0.585. The van der Waals surface area contributed by atoms with Crippen LogP contribution in [0.1, 0.15) is 31.4 Å². The van der Waals surface area contributed by atoms with E-state index < -0.39 is 11.2 Å². The van der Waals surface area contributed by atoms with Crippen molar-refractivity contribution in [3.05, 3.63) is 90.5 Å². The molecule has 0 aliphatic heterocycles. The molecule has 0 bridgehead atoms. The van der Waals surface area contributed by atoms with Crippen molar-refractivity contribution in [1.29, 1.82) is 0 Å². The predicted molar refractivity (Wildman–Crippen MR) is 133 cm³/mol. The number of amides is 1. The van der Waals surface area contributed by atoms with E-state index in [2.05, 4.69) is 4.98 Å². The second-order valence-corrected chi connectivity index (χ2v) is 9.05. The minimum absolute atomic E-state index is 0.0405. The summed E-state index contributed by atoms with van der Waals surface area (Å²) in [5.74, 6) is -0.149. The molecule has 3 rings (SSSR count). The Bertz CT molecular complexity index is 1250. The molecule has 1 heterocycles. The number of nitrogens with two attached hydrogens (primary N) is 1. The van der Waals surface area contributed by atoms with Gasteiger partial charge in [-0.25, -0.2) is 4.79 Å². The van der Waals surface area contributed by atoms with Gasteiger partial charge in [0.1, 0.15) is 5.82 Å². The highest BCUT2D eigenvalue weighted by molar-refractivity contribution is 6.35. The van der Waals surface area contributed by atoms with Crippen molar-refractivity contribution < 1.29 is 4.79 Å². The number of rotatable bonds is 8. The van der Waals surface area contributed by atoms with Gasteiger partial charge in [-0.1, -0.05) is 73.4 Å². The van der Waals surface area contributed by atoms with Gasteiger partial charge in [-0.3, -0.25) is 19.1 Å². The molecule has 0 fully saturated rings. The van der Waals surface area contributed by atoms with Gasteiger partial charge in [0.25, 0.3) is 5.56 Å². The number of nitrogens with one attached hydrogen (secondary N) is 1. The van der Waals surface area contributed by atoms with Crippen LogP contribution < -0.4 is 21.9 Å². The van der Waals surface area contributed by atoms with Crippen LogP contribution in [0.25, 0.3) is 0 Å². The zero-order valence-corrected chi connectivity index (χ0v) is 20.0. The van der Waals surface area contributed by atoms with E-state index in [9.17, 15) is 14.4 Å². The smallest absolute Gasteiger partial charge is 0.330 e. The van der Waals surface area contributed by atoms with Crippen molar-refractivity contribution in [3.8, 4) is 0 Å². The van der Waals surface area contributed by atoms with Gasteiger partial charge in [0.15, 0.2) is 5.69 Å². The molecule has 7 nitrogen and oxygen atoms in total. The van der Waals surface area contributed by atoms with E-state index in [0.717, 1.165) is 5.56 Å². The maximum Gasteiger partial charge on any atom is 0.330 e. The van der Waals surface area contributed by atoms with E-state index in [-0.39, 0.29) is 42.8 Å². The summed E-state index contributed by atoms with van der Waals surface area (Å²) in [6.45, 7) is 4.45. The van der Waals surface area contributed by atoms with E-state index in [1.807, 2.05) is 44.2 Å². The summed E-state index contributed by atoms with van der Waals surface area (Å²) in [4.78, 5) is 42.4. The standard InChI is InChI=1S/C24H26Cl2N4O3/c1-15(2)10-11-29(20(31)12-17-8-9-18(25)13-19(17)26)21-22(27)30(24(33)28-23(21)32)14-16-6-4-3-5-7-16/h3-9,13,15H,10-12,14,27H2,1-2H3,(H,28,32,33). The van der Waals surface area contributed by atoms with Crippen LogP contribution in [0, 0.1) is 5.92 Å². The zero-order chi connectivity index (χ0) is 24.1. The topological polar surface area (TPSA) is 101 Å². The van der Waals surface area contributed by atoms with E-state index in [4.69, 9.17) is 28.9 Å². The largest absolute Gasteiger partial charge is 0.383 e. The van der Waals surface area contributed by atoms with E-state index >= 15 is 0 Å². The first kappa shape index (κ1) is 24.6. The van der Waals surface area contributed by atoms with Crippen LogP contribution in [0.2, 0.25) is 10.0 Å². The van der Waals surface area contributed by atoms with Gasteiger partial charge in [0.2, 0.25) is 5.91 Å². The number of H-pyrrole nitrogens is 1. The molecule has 174 valence electrons. The second kappa shape index (κ2) is 10.7. The maximum absolute atomic E-state index is 13.4. The first-order chi connectivity index (χ1) is 15.7. The summed E-state index contributed by atoms with van der Waals surface area (Å²) in [5, 5.41) is 0.817. The Balaban J connectivity index is 2.04. The number of halogens is 2. The number of nitrogens with zero attached hydrogens (tertiary/aromatic N) is 2. The number of carbonyl (C=O) groups is 1. The van der Waals surface area contributed by atoms with Gasteiger partial charge >= 0.3 is 5.69 Å². The number of hydrogen-bond acceptors (Lipinski definition) is 4. The third-order valence-corrected chi connectivity index (χ3v) is 5.84. The van der Waals surface area contributed by atoms with E-state index in [1.54, 1.807) is 18.2 Å². The summed E-state index contributed by atoms with van der Waals surface area (Å²) < 4.78 is 1.26. The van der Waals surface area contributed by atoms with Crippen LogP contribution in [0.4, 0.5) is 11.5 Å². The highest BCUT2D eigenvalue weighted by Gasteiger charge is 2.25. The van der Waals surface area contributed by atoms with Crippen LogP contribution in [0.5, 0.6) is 0 Å². The van der Waals surface area contributed by atoms with Crippen LogP contribution in [-0.4, -0.2) is 22.0 Å². The summed E-state index contributed by atoms with van der Waals surface area (Å²) in [7, 11) is 0. The summed E-state index contributed by atoms with van der Waals surface area (Å²) in [6, 6.07) is 14.1. The number of anilines is 2. The molecule has 0 spiro atoms. The molecule has 0 radical (unpaired) electrons. The van der Waals surface area contributed by atoms with Crippen LogP contribution in [0.3, 0.4) is 0 Å². The van der Waals surface area contributed by atoms with Crippen LogP contribution in [-0.2, 0) is 17.8 Å². The average molecular weight is 489 g/mol. The Morgan fingerprint density at radius 1 is 1.12 bits per heavy atom. The quantitative estimate of drug-likeness (QED) is 0.498. The van der Waals surface area contributed by atoms with Crippen molar-refractivity contribution in [1.82, 2.24) is 9.55 Å². The van der Waals surface area contributed by atoms with Gasteiger partial charge in [-0.2, -0.15) is 0 Å². The van der Waals surface area contributed by atoms with Crippen molar-refractivity contribution >= 4 is 40.6 Å². The fourth-order valence-electron chi connectivity index (χ4n) is 3.43. The normalized spacial score (nSPS) is 11.1. The lowest BCUT2D eigenvalue weighted by molar-refractivity contribution is -0.118.